The number of phenolic OH excluding ortho intramolecular Hbond substituents is 1. The Kier molecular flexibility index (Phi) is 4.76. The lowest BCUT2D eigenvalue weighted by atomic mass is 9.92. The number of rotatable bonds is 5. The summed E-state index contributed by atoms with van der Waals surface area (Å²) in [6.07, 6.45) is 1.31. The summed E-state index contributed by atoms with van der Waals surface area (Å²) in [7, 11) is 0. The van der Waals surface area contributed by atoms with E-state index in [0.29, 0.717) is 16.1 Å². The first kappa shape index (κ1) is 18.3. The third-order valence-corrected chi connectivity index (χ3v) is 4.04. The number of nitrogens with one attached hydrogen (secondary N) is 1. The summed E-state index contributed by atoms with van der Waals surface area (Å²) in [4.78, 5) is 24.9. The van der Waals surface area contributed by atoms with Crippen molar-refractivity contribution < 1.29 is 28.2 Å². The lowest BCUT2D eigenvalue weighted by Crippen LogP contribution is -2.40. The van der Waals surface area contributed by atoms with Gasteiger partial charge < -0.3 is 15.2 Å². The van der Waals surface area contributed by atoms with E-state index < -0.39 is 24.1 Å². The fourth-order valence-electron chi connectivity index (χ4n) is 2.58. The van der Waals surface area contributed by atoms with Gasteiger partial charge in [0.1, 0.15) is 17.0 Å². The predicted molar refractivity (Wildman–Crippen MR) is 91.5 cm³/mol. The zero-order valence-corrected chi connectivity index (χ0v) is 14.1. The second-order valence-electron chi connectivity index (χ2n) is 5.91. The number of halogens is 2. The minimum atomic E-state index is -2.95. The third kappa shape index (κ3) is 3.71. The van der Waals surface area contributed by atoms with Crippen molar-refractivity contribution in [2.24, 2.45) is 5.10 Å². The summed E-state index contributed by atoms with van der Waals surface area (Å²) in [6, 6.07) is 10.7. The number of hydrogen-bond acceptors (Lipinski definition) is 5. The highest BCUT2D eigenvalue weighted by Gasteiger charge is 2.49. The molecule has 0 aliphatic carbocycles. The number of ether oxygens (including phenoxy) is 1. The molecule has 0 aromatic heterocycles. The Morgan fingerprint density at radius 3 is 2.37 bits per heavy atom. The molecule has 0 spiro atoms. The molecule has 1 saturated heterocycles. The maximum absolute atomic E-state index is 12.7. The Morgan fingerprint density at radius 1 is 1.15 bits per heavy atom. The van der Waals surface area contributed by atoms with Gasteiger partial charge in [0.15, 0.2) is 0 Å². The lowest BCUT2D eigenvalue weighted by molar-refractivity contribution is -0.131. The summed E-state index contributed by atoms with van der Waals surface area (Å²) >= 11 is 0. The quantitative estimate of drug-likeness (QED) is 0.621. The fourth-order valence-corrected chi connectivity index (χ4v) is 2.58. The number of aromatic hydroxyl groups is 1. The summed E-state index contributed by atoms with van der Waals surface area (Å²) in [5.74, 6) is -0.602. The molecule has 0 bridgehead atoms. The zero-order valence-electron chi connectivity index (χ0n) is 14.1. The third-order valence-electron chi connectivity index (χ3n) is 4.04. The number of imide groups is 1. The molecule has 1 aliphatic rings. The van der Waals surface area contributed by atoms with Crippen LogP contribution in [-0.4, -0.2) is 34.9 Å². The number of alkyl halides is 2. The first-order valence-corrected chi connectivity index (χ1v) is 7.84. The highest BCUT2D eigenvalue weighted by Crippen LogP contribution is 2.30. The van der Waals surface area contributed by atoms with Gasteiger partial charge >= 0.3 is 12.6 Å². The van der Waals surface area contributed by atoms with Crippen molar-refractivity contribution in [2.45, 2.75) is 19.1 Å². The number of carbonyl (C=O) groups is 2. The van der Waals surface area contributed by atoms with Crippen molar-refractivity contribution >= 4 is 18.2 Å². The number of nitrogens with zero attached hydrogens (tertiary/aromatic N) is 2. The lowest BCUT2D eigenvalue weighted by Gasteiger charge is -2.21. The van der Waals surface area contributed by atoms with Gasteiger partial charge in [0.2, 0.25) is 0 Å². The van der Waals surface area contributed by atoms with Crippen LogP contribution in [0.1, 0.15) is 18.1 Å². The van der Waals surface area contributed by atoms with Gasteiger partial charge in [-0.1, -0.05) is 12.1 Å². The molecule has 7 nitrogen and oxygen atoms in total. The van der Waals surface area contributed by atoms with Crippen LogP contribution in [-0.2, 0) is 10.3 Å². The number of carbonyl (C=O) groups excluding carboxylic acids is 2. The second-order valence-corrected chi connectivity index (χ2v) is 5.91. The van der Waals surface area contributed by atoms with Gasteiger partial charge in [-0.3, -0.25) is 4.79 Å². The zero-order chi connectivity index (χ0) is 19.6. The van der Waals surface area contributed by atoms with Gasteiger partial charge in [0.05, 0.1) is 6.21 Å². The van der Waals surface area contributed by atoms with Crippen molar-refractivity contribution in [1.82, 2.24) is 10.3 Å². The second kappa shape index (κ2) is 7.02. The summed E-state index contributed by atoms with van der Waals surface area (Å²) < 4.78 is 28.8. The SMILES string of the molecule is C[C@]1(c2ccc(OC(F)F)cc2)NC(=O)N(/N=C/c2ccc(O)cc2)C1=O. The van der Waals surface area contributed by atoms with Crippen LogP contribution >= 0.6 is 0 Å². The number of urea groups is 1. The average Bonchev–Trinajstić information content (AvgIpc) is 2.84. The van der Waals surface area contributed by atoms with Crippen molar-refractivity contribution in [3.63, 3.8) is 0 Å². The Morgan fingerprint density at radius 2 is 1.78 bits per heavy atom. The molecule has 0 unspecified atom stereocenters. The molecule has 3 rings (SSSR count). The van der Waals surface area contributed by atoms with E-state index >= 15 is 0 Å². The van der Waals surface area contributed by atoms with Crippen LogP contribution < -0.4 is 10.1 Å². The van der Waals surface area contributed by atoms with Gasteiger partial charge in [-0.25, -0.2) is 4.79 Å². The number of hydrazone groups is 1. The summed E-state index contributed by atoms with van der Waals surface area (Å²) in [6.45, 7) is -1.46. The topological polar surface area (TPSA) is 91.2 Å². The Labute approximate surface area is 152 Å². The first-order chi connectivity index (χ1) is 12.8. The van der Waals surface area contributed by atoms with Crippen LogP contribution in [0.25, 0.3) is 0 Å². The summed E-state index contributed by atoms with van der Waals surface area (Å²) in [5, 5.41) is 16.4. The smallest absolute Gasteiger partial charge is 0.387 e. The molecule has 1 fully saturated rings. The van der Waals surface area contributed by atoms with Crippen LogP contribution in [0.5, 0.6) is 11.5 Å². The van der Waals surface area contributed by atoms with Crippen LogP contribution in [0, 0.1) is 0 Å². The molecule has 140 valence electrons. The van der Waals surface area contributed by atoms with Crippen molar-refractivity contribution in [3.8, 4) is 11.5 Å². The maximum Gasteiger partial charge on any atom is 0.387 e. The highest BCUT2D eigenvalue weighted by atomic mass is 19.3. The van der Waals surface area contributed by atoms with E-state index in [9.17, 15) is 23.5 Å². The highest BCUT2D eigenvalue weighted by molar-refractivity contribution is 6.07. The minimum Gasteiger partial charge on any atom is -0.508 e. The maximum atomic E-state index is 12.7. The monoisotopic (exact) mass is 375 g/mol. The molecule has 27 heavy (non-hydrogen) atoms. The molecule has 0 radical (unpaired) electrons. The number of amides is 3. The van der Waals surface area contributed by atoms with Crippen molar-refractivity contribution in [2.75, 3.05) is 0 Å². The molecular weight excluding hydrogens is 360 g/mol. The average molecular weight is 375 g/mol. The van der Waals surface area contributed by atoms with Crippen molar-refractivity contribution in [1.29, 1.82) is 0 Å². The van der Waals surface area contributed by atoms with Gasteiger partial charge in [0, 0.05) is 0 Å². The van der Waals surface area contributed by atoms with E-state index in [1.807, 2.05) is 0 Å². The molecular formula is C18H15F2N3O4. The van der Waals surface area contributed by atoms with E-state index in [4.69, 9.17) is 0 Å². The number of benzene rings is 2. The largest absolute Gasteiger partial charge is 0.508 e. The van der Waals surface area contributed by atoms with E-state index in [1.54, 1.807) is 12.1 Å². The molecule has 3 amide bonds. The van der Waals surface area contributed by atoms with Crippen molar-refractivity contribution in [3.05, 3.63) is 59.7 Å². The van der Waals surface area contributed by atoms with E-state index in [-0.39, 0.29) is 11.5 Å². The van der Waals surface area contributed by atoms with Crippen LogP contribution in [0.15, 0.2) is 53.6 Å². The predicted octanol–water partition coefficient (Wildman–Crippen LogP) is 2.79. The molecule has 1 aliphatic heterocycles. The molecule has 1 atom stereocenters. The molecule has 1 heterocycles. The Bertz CT molecular complexity index is 884. The summed E-state index contributed by atoms with van der Waals surface area (Å²) in [5.41, 5.74) is -0.424. The first-order valence-electron chi connectivity index (χ1n) is 7.84. The van der Waals surface area contributed by atoms with Gasteiger partial charge in [-0.05, 0) is 54.4 Å². The van der Waals surface area contributed by atoms with E-state index in [0.717, 1.165) is 0 Å². The van der Waals surface area contributed by atoms with Gasteiger partial charge in [-0.15, -0.1) is 5.01 Å². The van der Waals surface area contributed by atoms with Crippen LogP contribution in [0.4, 0.5) is 13.6 Å². The number of phenols is 1. The molecule has 9 heteroatoms. The van der Waals surface area contributed by atoms with E-state index in [2.05, 4.69) is 15.2 Å². The number of hydrogen-bond donors (Lipinski definition) is 2. The van der Waals surface area contributed by atoms with Gasteiger partial charge in [-0.2, -0.15) is 13.9 Å². The molecule has 2 aromatic carbocycles. The Hall–Kier alpha value is -3.49. The normalized spacial score (nSPS) is 19.8. The van der Waals surface area contributed by atoms with Crippen LogP contribution in [0.2, 0.25) is 0 Å². The molecule has 2 N–H and O–H groups in total. The Balaban J connectivity index is 1.80. The fraction of sp³-hybridized carbons (Fsp3) is 0.167. The van der Waals surface area contributed by atoms with Crippen LogP contribution in [0.3, 0.4) is 0 Å². The van der Waals surface area contributed by atoms with Gasteiger partial charge in [0.25, 0.3) is 5.91 Å². The standard InChI is InChI=1S/C18H15F2N3O4/c1-18(12-4-8-14(9-5-12)27-16(19)20)15(25)23(17(26)22-18)21-10-11-2-6-13(24)7-3-11/h2-10,16,24H,1H3,(H,22,26)/b21-10+/t18-/m1/s1. The molecule has 0 saturated carbocycles. The minimum absolute atomic E-state index is 0.0590. The molecule has 2 aromatic rings. The van der Waals surface area contributed by atoms with E-state index in [1.165, 1.54) is 49.5 Å².